The van der Waals surface area contributed by atoms with Gasteiger partial charge in [0.1, 0.15) is 0 Å². The molecular formula is C18H18F3N3OS. The van der Waals surface area contributed by atoms with E-state index in [1.54, 1.807) is 17.2 Å². The predicted octanol–water partition coefficient (Wildman–Crippen LogP) is 3.65. The first-order chi connectivity index (χ1) is 12.4. The maximum Gasteiger partial charge on any atom is 0.446 e. The summed E-state index contributed by atoms with van der Waals surface area (Å²) in [5.41, 5.74) is -3.21. The number of carbonyl (C=O) groups excluding carboxylic acids is 1. The maximum absolute atomic E-state index is 12.7. The Hall–Kier alpha value is -2.06. The third-order valence-electron chi connectivity index (χ3n) is 4.13. The Morgan fingerprint density at radius 1 is 1.08 bits per heavy atom. The number of hydrogen-bond donors (Lipinski definition) is 0. The van der Waals surface area contributed by atoms with Crippen LogP contribution in [0.5, 0.6) is 0 Å². The lowest BCUT2D eigenvalue weighted by atomic mass is 10.1. The lowest BCUT2D eigenvalue weighted by molar-refractivity contribution is -0.0328. The van der Waals surface area contributed by atoms with E-state index in [-0.39, 0.29) is 28.1 Å². The molecule has 0 unspecified atom stereocenters. The first kappa shape index (κ1) is 18.7. The summed E-state index contributed by atoms with van der Waals surface area (Å²) in [4.78, 5) is 20.5. The number of aromatic nitrogens is 1. The molecule has 2 aromatic rings. The predicted molar refractivity (Wildman–Crippen MR) is 93.8 cm³/mol. The molecule has 1 fully saturated rings. The van der Waals surface area contributed by atoms with Gasteiger partial charge in [-0.1, -0.05) is 18.2 Å². The maximum atomic E-state index is 12.7. The Morgan fingerprint density at radius 2 is 1.81 bits per heavy atom. The zero-order chi connectivity index (χ0) is 18.6. The second kappa shape index (κ2) is 8.09. The topological polar surface area (TPSA) is 36.4 Å². The normalized spacial score (nSPS) is 15.9. The highest BCUT2D eigenvalue weighted by Crippen LogP contribution is 2.38. The van der Waals surface area contributed by atoms with Gasteiger partial charge in [0, 0.05) is 50.0 Å². The molecule has 0 spiro atoms. The molecule has 1 aliphatic heterocycles. The molecule has 2 heterocycles. The standard InChI is InChI=1S/C18H18F3N3OS/c19-18(20,21)26-16-6-2-1-5-15(16)17(25)24-10-8-23(9-11-24)13-14-4-3-7-22-12-14/h1-7,12H,8-11,13H2. The van der Waals surface area contributed by atoms with Gasteiger partial charge in [0.15, 0.2) is 0 Å². The Morgan fingerprint density at radius 3 is 2.46 bits per heavy atom. The molecule has 26 heavy (non-hydrogen) atoms. The van der Waals surface area contributed by atoms with Gasteiger partial charge in [-0.05, 0) is 35.5 Å². The van der Waals surface area contributed by atoms with E-state index in [9.17, 15) is 18.0 Å². The molecule has 0 atom stereocenters. The molecule has 3 rings (SSSR count). The lowest BCUT2D eigenvalue weighted by Gasteiger charge is -2.35. The van der Waals surface area contributed by atoms with Crippen LogP contribution in [0.1, 0.15) is 15.9 Å². The smallest absolute Gasteiger partial charge is 0.336 e. The molecule has 0 radical (unpaired) electrons. The van der Waals surface area contributed by atoms with Crippen LogP contribution in [0.4, 0.5) is 13.2 Å². The second-order valence-corrected chi connectivity index (χ2v) is 7.08. The van der Waals surface area contributed by atoms with E-state index in [1.165, 1.54) is 18.2 Å². The molecule has 1 aliphatic rings. The van der Waals surface area contributed by atoms with Crippen molar-refractivity contribution in [3.63, 3.8) is 0 Å². The van der Waals surface area contributed by atoms with Crippen molar-refractivity contribution in [2.24, 2.45) is 0 Å². The van der Waals surface area contributed by atoms with Crippen LogP contribution in [0.2, 0.25) is 0 Å². The van der Waals surface area contributed by atoms with Crippen LogP contribution >= 0.6 is 11.8 Å². The highest BCUT2D eigenvalue weighted by molar-refractivity contribution is 8.00. The summed E-state index contributed by atoms with van der Waals surface area (Å²) in [5.74, 6) is -0.349. The van der Waals surface area contributed by atoms with Gasteiger partial charge >= 0.3 is 5.51 Å². The fourth-order valence-electron chi connectivity index (χ4n) is 2.89. The van der Waals surface area contributed by atoms with Crippen LogP contribution in [-0.4, -0.2) is 52.4 Å². The molecule has 0 saturated carbocycles. The highest BCUT2D eigenvalue weighted by Gasteiger charge is 2.32. The minimum atomic E-state index is -4.42. The molecule has 0 bridgehead atoms. The minimum absolute atomic E-state index is 0.0530. The molecular weight excluding hydrogens is 363 g/mol. The number of amides is 1. The molecule has 8 heteroatoms. The van der Waals surface area contributed by atoms with Crippen molar-refractivity contribution >= 4 is 17.7 Å². The Balaban J connectivity index is 1.62. The number of rotatable bonds is 4. The number of piperazine rings is 1. The minimum Gasteiger partial charge on any atom is -0.336 e. The van der Waals surface area contributed by atoms with Crippen LogP contribution in [0, 0.1) is 0 Å². The number of benzene rings is 1. The molecule has 1 saturated heterocycles. The van der Waals surface area contributed by atoms with E-state index in [0.29, 0.717) is 26.2 Å². The fraction of sp³-hybridized carbons (Fsp3) is 0.333. The number of carbonyl (C=O) groups is 1. The van der Waals surface area contributed by atoms with Gasteiger partial charge in [0.25, 0.3) is 5.91 Å². The van der Waals surface area contributed by atoms with Crippen molar-refractivity contribution in [2.45, 2.75) is 16.9 Å². The van der Waals surface area contributed by atoms with Gasteiger partial charge in [-0.2, -0.15) is 13.2 Å². The number of alkyl halides is 3. The number of hydrogen-bond acceptors (Lipinski definition) is 4. The summed E-state index contributed by atoms with van der Waals surface area (Å²) < 4.78 is 38.1. The van der Waals surface area contributed by atoms with Gasteiger partial charge in [-0.15, -0.1) is 0 Å². The van der Waals surface area contributed by atoms with Crippen LogP contribution in [0.3, 0.4) is 0 Å². The van der Waals surface area contributed by atoms with E-state index < -0.39 is 5.51 Å². The first-order valence-corrected chi connectivity index (χ1v) is 8.99. The van der Waals surface area contributed by atoms with Crippen molar-refractivity contribution in [1.29, 1.82) is 0 Å². The van der Waals surface area contributed by atoms with E-state index >= 15 is 0 Å². The largest absolute Gasteiger partial charge is 0.446 e. The molecule has 1 aromatic heterocycles. The molecule has 1 aromatic carbocycles. The van der Waals surface area contributed by atoms with Crippen molar-refractivity contribution < 1.29 is 18.0 Å². The number of pyridine rings is 1. The second-order valence-electron chi connectivity index (χ2n) is 5.97. The summed E-state index contributed by atoms with van der Waals surface area (Å²) >= 11 is -0.243. The van der Waals surface area contributed by atoms with Crippen molar-refractivity contribution in [1.82, 2.24) is 14.8 Å². The van der Waals surface area contributed by atoms with Crippen molar-refractivity contribution in [3.8, 4) is 0 Å². The summed E-state index contributed by atoms with van der Waals surface area (Å²) in [6.07, 6.45) is 3.53. The molecule has 0 N–H and O–H groups in total. The Labute approximate surface area is 154 Å². The molecule has 0 aliphatic carbocycles. The average Bonchev–Trinajstić information content (AvgIpc) is 2.62. The van der Waals surface area contributed by atoms with Crippen molar-refractivity contribution in [3.05, 3.63) is 59.9 Å². The van der Waals surface area contributed by atoms with Crippen LogP contribution in [0.25, 0.3) is 0 Å². The van der Waals surface area contributed by atoms with Crippen LogP contribution in [0.15, 0.2) is 53.7 Å². The SMILES string of the molecule is O=C(c1ccccc1SC(F)(F)F)N1CCN(Cc2cccnc2)CC1. The van der Waals surface area contributed by atoms with Gasteiger partial charge in [-0.25, -0.2) is 0 Å². The van der Waals surface area contributed by atoms with Crippen molar-refractivity contribution in [2.75, 3.05) is 26.2 Å². The Bertz CT molecular complexity index is 747. The van der Waals surface area contributed by atoms with E-state index in [4.69, 9.17) is 0 Å². The third-order valence-corrected chi connectivity index (χ3v) is 4.94. The van der Waals surface area contributed by atoms with E-state index in [2.05, 4.69) is 9.88 Å². The monoisotopic (exact) mass is 381 g/mol. The van der Waals surface area contributed by atoms with Crippen LogP contribution in [-0.2, 0) is 6.54 Å². The number of halogens is 3. The van der Waals surface area contributed by atoms with Gasteiger partial charge in [0.05, 0.1) is 5.56 Å². The fourth-order valence-corrected chi connectivity index (χ4v) is 3.55. The summed E-state index contributed by atoms with van der Waals surface area (Å²) in [5, 5.41) is 0. The number of nitrogens with zero attached hydrogens (tertiary/aromatic N) is 3. The van der Waals surface area contributed by atoms with Crippen LogP contribution < -0.4 is 0 Å². The lowest BCUT2D eigenvalue weighted by Crippen LogP contribution is -2.48. The van der Waals surface area contributed by atoms with E-state index in [1.807, 2.05) is 18.3 Å². The Kier molecular flexibility index (Phi) is 5.83. The number of thioether (sulfide) groups is 1. The van der Waals surface area contributed by atoms with Gasteiger partial charge < -0.3 is 4.90 Å². The molecule has 138 valence electrons. The summed E-state index contributed by atoms with van der Waals surface area (Å²) in [7, 11) is 0. The highest BCUT2D eigenvalue weighted by atomic mass is 32.2. The summed E-state index contributed by atoms with van der Waals surface area (Å²) in [6.45, 7) is 3.08. The molecule has 1 amide bonds. The summed E-state index contributed by atoms with van der Waals surface area (Å²) in [6, 6.07) is 9.77. The first-order valence-electron chi connectivity index (χ1n) is 8.18. The zero-order valence-electron chi connectivity index (χ0n) is 13.9. The van der Waals surface area contributed by atoms with Gasteiger partial charge in [0.2, 0.25) is 0 Å². The average molecular weight is 381 g/mol. The third kappa shape index (κ3) is 4.98. The van der Waals surface area contributed by atoms with E-state index in [0.717, 1.165) is 12.1 Å². The van der Waals surface area contributed by atoms with Gasteiger partial charge in [-0.3, -0.25) is 14.7 Å². The molecule has 4 nitrogen and oxygen atoms in total. The quantitative estimate of drug-likeness (QED) is 0.758. The zero-order valence-corrected chi connectivity index (χ0v) is 14.8.